The first kappa shape index (κ1) is 21.3. The summed E-state index contributed by atoms with van der Waals surface area (Å²) in [6.07, 6.45) is 3.72. The smallest absolute Gasteiger partial charge is 0.242 e. The average molecular weight is 372 g/mol. The number of rotatable bonds is 11. The maximum Gasteiger partial charge on any atom is 0.242 e. The molecule has 0 unspecified atom stereocenters. The third-order valence-corrected chi connectivity index (χ3v) is 4.53. The van der Waals surface area contributed by atoms with E-state index in [2.05, 4.69) is 39.2 Å². The number of hydrogen-bond acceptors (Lipinski definition) is 5. The summed E-state index contributed by atoms with van der Waals surface area (Å²) < 4.78 is 32.1. The van der Waals surface area contributed by atoms with Crippen molar-refractivity contribution in [3.05, 3.63) is 24.5 Å². The quantitative estimate of drug-likeness (QED) is 0.299. The molecule has 142 valence electrons. The lowest BCUT2D eigenvalue weighted by Gasteiger charge is -2.13. The van der Waals surface area contributed by atoms with Crippen LogP contribution in [0.5, 0.6) is 0 Å². The van der Waals surface area contributed by atoms with E-state index in [9.17, 15) is 8.42 Å². The minimum Gasteiger partial charge on any atom is -0.381 e. The van der Waals surface area contributed by atoms with Crippen LogP contribution in [0.25, 0.3) is 0 Å². The zero-order valence-corrected chi connectivity index (χ0v) is 16.0. The highest BCUT2D eigenvalue weighted by Gasteiger charge is 2.12. The van der Waals surface area contributed by atoms with Crippen molar-refractivity contribution in [2.24, 2.45) is 10.9 Å². The average Bonchev–Trinajstić information content (AvgIpc) is 2.60. The van der Waals surface area contributed by atoms with Crippen molar-refractivity contribution in [1.82, 2.24) is 20.3 Å². The lowest BCUT2D eigenvalue weighted by molar-refractivity contribution is 0.108. The number of sulfonamides is 1. The van der Waals surface area contributed by atoms with Crippen LogP contribution in [0.15, 0.2) is 34.4 Å². The molecule has 0 bridgehead atoms. The second kappa shape index (κ2) is 11.8. The molecule has 0 saturated carbocycles. The van der Waals surface area contributed by atoms with Crippen molar-refractivity contribution < 1.29 is 13.2 Å². The minimum absolute atomic E-state index is 0.152. The van der Waals surface area contributed by atoms with E-state index >= 15 is 0 Å². The van der Waals surface area contributed by atoms with Crippen LogP contribution in [0.3, 0.4) is 0 Å². The number of hydrogen-bond donors (Lipinski definition) is 3. The van der Waals surface area contributed by atoms with Gasteiger partial charge >= 0.3 is 0 Å². The van der Waals surface area contributed by atoms with E-state index in [1.54, 1.807) is 13.1 Å². The van der Waals surface area contributed by atoms with Crippen molar-refractivity contribution >= 4 is 16.0 Å². The van der Waals surface area contributed by atoms with Crippen LogP contribution in [-0.4, -0.2) is 59.3 Å². The third-order valence-electron chi connectivity index (χ3n) is 3.09. The summed E-state index contributed by atoms with van der Waals surface area (Å²) in [5.41, 5.74) is 0. The standard InChI is InChI=1S/C16H29N5O3S/c1-14(2)13-24-11-5-8-19-16(17-3)20-9-10-21-25(22,23)15-6-4-7-18-12-15/h4,6-7,12,14,21H,5,8-11,13H2,1-3H3,(H2,17,19,20). The molecule has 0 saturated heterocycles. The second-order valence-electron chi connectivity index (χ2n) is 5.83. The Morgan fingerprint density at radius 3 is 2.68 bits per heavy atom. The number of pyridine rings is 1. The van der Waals surface area contributed by atoms with E-state index < -0.39 is 10.0 Å². The molecule has 0 aromatic carbocycles. The summed E-state index contributed by atoms with van der Waals surface area (Å²) in [4.78, 5) is 8.06. The van der Waals surface area contributed by atoms with Gasteiger partial charge in [-0.2, -0.15) is 0 Å². The van der Waals surface area contributed by atoms with E-state index in [-0.39, 0.29) is 11.4 Å². The van der Waals surface area contributed by atoms with Gasteiger partial charge < -0.3 is 15.4 Å². The number of ether oxygens (including phenoxy) is 1. The summed E-state index contributed by atoms with van der Waals surface area (Å²) >= 11 is 0. The topological polar surface area (TPSA) is 105 Å². The molecular weight excluding hydrogens is 342 g/mol. The Labute approximate surface area is 150 Å². The van der Waals surface area contributed by atoms with Gasteiger partial charge in [0.1, 0.15) is 4.90 Å². The highest BCUT2D eigenvalue weighted by molar-refractivity contribution is 7.89. The van der Waals surface area contributed by atoms with Gasteiger partial charge in [0.05, 0.1) is 0 Å². The fraction of sp³-hybridized carbons (Fsp3) is 0.625. The summed E-state index contributed by atoms with van der Waals surface area (Å²) in [7, 11) is -1.86. The third kappa shape index (κ3) is 9.37. The molecule has 8 nitrogen and oxygen atoms in total. The molecule has 0 fully saturated rings. The van der Waals surface area contributed by atoms with Gasteiger partial charge in [-0.15, -0.1) is 0 Å². The summed E-state index contributed by atoms with van der Waals surface area (Å²) in [6.45, 7) is 7.11. The number of aliphatic imine (C=N–C) groups is 1. The Morgan fingerprint density at radius 1 is 1.28 bits per heavy atom. The van der Waals surface area contributed by atoms with Crippen molar-refractivity contribution in [3.8, 4) is 0 Å². The highest BCUT2D eigenvalue weighted by atomic mass is 32.2. The van der Waals surface area contributed by atoms with Gasteiger partial charge in [0.2, 0.25) is 10.0 Å². The first-order valence-electron chi connectivity index (χ1n) is 8.37. The van der Waals surface area contributed by atoms with Gasteiger partial charge in [-0.3, -0.25) is 9.98 Å². The van der Waals surface area contributed by atoms with E-state index in [0.717, 1.165) is 19.6 Å². The molecule has 0 aliphatic carbocycles. The van der Waals surface area contributed by atoms with Gasteiger partial charge in [-0.25, -0.2) is 13.1 Å². The summed E-state index contributed by atoms with van der Waals surface area (Å²) in [5, 5.41) is 6.22. The van der Waals surface area contributed by atoms with E-state index in [4.69, 9.17) is 4.74 Å². The minimum atomic E-state index is -3.53. The van der Waals surface area contributed by atoms with E-state index in [1.165, 1.54) is 18.5 Å². The monoisotopic (exact) mass is 371 g/mol. The SMILES string of the molecule is CN=C(NCCCOCC(C)C)NCCNS(=O)(=O)c1cccnc1. The zero-order chi connectivity index (χ0) is 18.5. The molecule has 0 spiro atoms. The van der Waals surface area contributed by atoms with Gasteiger partial charge in [0, 0.05) is 52.3 Å². The van der Waals surface area contributed by atoms with Gasteiger partial charge in [-0.05, 0) is 24.5 Å². The van der Waals surface area contributed by atoms with E-state index in [0.29, 0.717) is 25.0 Å². The summed E-state index contributed by atoms with van der Waals surface area (Å²) in [6, 6.07) is 3.09. The Balaban J connectivity index is 2.19. The van der Waals surface area contributed by atoms with Crippen LogP contribution in [0, 0.1) is 5.92 Å². The fourth-order valence-electron chi connectivity index (χ4n) is 1.88. The van der Waals surface area contributed by atoms with Gasteiger partial charge in [0.25, 0.3) is 0 Å². The molecule has 0 aliphatic rings. The molecule has 1 aromatic rings. The van der Waals surface area contributed by atoms with Crippen LogP contribution in [0.4, 0.5) is 0 Å². The molecule has 1 rings (SSSR count). The lowest BCUT2D eigenvalue weighted by atomic mass is 10.2. The zero-order valence-electron chi connectivity index (χ0n) is 15.2. The predicted octanol–water partition coefficient (Wildman–Crippen LogP) is 0.588. The molecule has 9 heteroatoms. The highest BCUT2D eigenvalue weighted by Crippen LogP contribution is 2.04. The Morgan fingerprint density at radius 2 is 2.04 bits per heavy atom. The first-order valence-corrected chi connectivity index (χ1v) is 9.86. The van der Waals surface area contributed by atoms with Crippen LogP contribution < -0.4 is 15.4 Å². The number of aromatic nitrogens is 1. The normalized spacial score (nSPS) is 12.4. The fourth-order valence-corrected chi connectivity index (χ4v) is 2.87. The molecule has 3 N–H and O–H groups in total. The van der Waals surface area contributed by atoms with Crippen LogP contribution in [0.1, 0.15) is 20.3 Å². The molecule has 0 atom stereocenters. The number of nitrogens with zero attached hydrogens (tertiary/aromatic N) is 2. The molecule has 1 aromatic heterocycles. The Hall–Kier alpha value is -1.71. The molecule has 0 amide bonds. The first-order chi connectivity index (χ1) is 12.0. The van der Waals surface area contributed by atoms with Crippen LogP contribution >= 0.6 is 0 Å². The van der Waals surface area contributed by atoms with Crippen molar-refractivity contribution in [3.63, 3.8) is 0 Å². The summed E-state index contributed by atoms with van der Waals surface area (Å²) in [5.74, 6) is 1.17. The van der Waals surface area contributed by atoms with E-state index in [1.807, 2.05) is 0 Å². The molecule has 0 radical (unpaired) electrons. The molecule has 0 aliphatic heterocycles. The number of guanidine groups is 1. The largest absolute Gasteiger partial charge is 0.381 e. The Bertz CT molecular complexity index is 605. The predicted molar refractivity (Wildman–Crippen MR) is 99.1 cm³/mol. The van der Waals surface area contributed by atoms with Gasteiger partial charge in [0.15, 0.2) is 5.96 Å². The maximum absolute atomic E-state index is 12.0. The molecule has 1 heterocycles. The number of nitrogens with one attached hydrogen (secondary N) is 3. The van der Waals surface area contributed by atoms with Crippen molar-refractivity contribution in [2.75, 3.05) is 39.9 Å². The Kier molecular flexibility index (Phi) is 10.0. The van der Waals surface area contributed by atoms with Crippen LogP contribution in [-0.2, 0) is 14.8 Å². The van der Waals surface area contributed by atoms with Crippen molar-refractivity contribution in [1.29, 1.82) is 0 Å². The molecule has 25 heavy (non-hydrogen) atoms. The van der Waals surface area contributed by atoms with Crippen LogP contribution in [0.2, 0.25) is 0 Å². The maximum atomic E-state index is 12.0. The van der Waals surface area contributed by atoms with Crippen molar-refractivity contribution in [2.45, 2.75) is 25.2 Å². The lowest BCUT2D eigenvalue weighted by Crippen LogP contribution is -2.42. The second-order valence-corrected chi connectivity index (χ2v) is 7.60. The van der Waals surface area contributed by atoms with Gasteiger partial charge in [-0.1, -0.05) is 13.8 Å². The molecular formula is C16H29N5O3S.